The van der Waals surface area contributed by atoms with Crippen LogP contribution in [0.2, 0.25) is 0 Å². The second kappa shape index (κ2) is 8.86. The van der Waals surface area contributed by atoms with Crippen molar-refractivity contribution in [1.29, 1.82) is 0 Å². The fraction of sp³-hybridized carbons (Fsp3) is 0.458. The minimum Gasteiger partial charge on any atom is -0.339 e. The molecule has 2 aliphatic rings. The van der Waals surface area contributed by atoms with E-state index in [-0.39, 0.29) is 22.9 Å². The molecule has 1 N–H and O–H groups in total. The first kappa shape index (κ1) is 20.4. The van der Waals surface area contributed by atoms with Gasteiger partial charge < -0.3 is 14.8 Å². The normalized spacial score (nSPS) is 17.4. The molecule has 1 saturated carbocycles. The van der Waals surface area contributed by atoms with E-state index in [0.717, 1.165) is 24.0 Å². The Bertz CT molecular complexity index is 983. The van der Waals surface area contributed by atoms with Gasteiger partial charge in [-0.2, -0.15) is 0 Å². The van der Waals surface area contributed by atoms with E-state index in [1.54, 1.807) is 17.0 Å². The number of hydrogen-bond acceptors (Lipinski definition) is 3. The predicted molar refractivity (Wildman–Crippen MR) is 116 cm³/mol. The molecular weight excluding hydrogens is 378 g/mol. The lowest BCUT2D eigenvalue weighted by molar-refractivity contribution is -0.133. The average molecular weight is 408 g/mol. The molecule has 1 aliphatic heterocycles. The molecule has 0 spiro atoms. The van der Waals surface area contributed by atoms with Crippen LogP contribution < -0.4 is 5.56 Å². The number of piperazine rings is 1. The van der Waals surface area contributed by atoms with Crippen LogP contribution in [0.1, 0.15) is 48.0 Å². The van der Waals surface area contributed by atoms with E-state index in [2.05, 4.69) is 4.98 Å². The van der Waals surface area contributed by atoms with Crippen molar-refractivity contribution in [2.45, 2.75) is 39.0 Å². The van der Waals surface area contributed by atoms with Crippen LogP contribution in [0.15, 0.2) is 41.2 Å². The zero-order chi connectivity index (χ0) is 21.1. The number of carbonyl (C=O) groups is 2. The number of aryl methyl sites for hydroxylation is 1. The number of hydrogen-bond donors (Lipinski definition) is 1. The summed E-state index contributed by atoms with van der Waals surface area (Å²) in [6.07, 6.45) is 5.42. The maximum Gasteiger partial charge on any atom is 0.261 e. The predicted octanol–water partition coefficient (Wildman–Crippen LogP) is 3.22. The Kier molecular flexibility index (Phi) is 6.02. The van der Waals surface area contributed by atoms with Crippen LogP contribution in [0.4, 0.5) is 0 Å². The molecule has 2 fully saturated rings. The maximum atomic E-state index is 12.9. The number of aromatic amines is 1. The van der Waals surface area contributed by atoms with E-state index >= 15 is 0 Å². The molecule has 0 unspecified atom stereocenters. The summed E-state index contributed by atoms with van der Waals surface area (Å²) in [5.41, 5.74) is 2.49. The fourth-order valence-corrected chi connectivity index (χ4v) is 4.54. The molecule has 1 aromatic heterocycles. The van der Waals surface area contributed by atoms with Crippen LogP contribution >= 0.6 is 0 Å². The van der Waals surface area contributed by atoms with Crippen molar-refractivity contribution in [3.63, 3.8) is 0 Å². The van der Waals surface area contributed by atoms with Gasteiger partial charge in [0.15, 0.2) is 0 Å². The number of nitrogens with one attached hydrogen (secondary N) is 1. The van der Waals surface area contributed by atoms with Gasteiger partial charge >= 0.3 is 0 Å². The number of aromatic nitrogens is 1. The molecule has 6 heteroatoms. The highest BCUT2D eigenvalue weighted by molar-refractivity contribution is 5.94. The van der Waals surface area contributed by atoms with Gasteiger partial charge in [0, 0.05) is 38.3 Å². The minimum absolute atomic E-state index is 0.150. The molecule has 0 bridgehead atoms. The highest BCUT2D eigenvalue weighted by atomic mass is 16.2. The van der Waals surface area contributed by atoms with E-state index in [4.69, 9.17) is 0 Å². The molecule has 4 rings (SSSR count). The Morgan fingerprint density at radius 3 is 2.37 bits per heavy atom. The van der Waals surface area contributed by atoms with Gasteiger partial charge in [0.05, 0.1) is 0 Å². The molecule has 2 aromatic rings. The number of amides is 2. The van der Waals surface area contributed by atoms with Crippen LogP contribution in [-0.4, -0.2) is 52.8 Å². The lowest BCUT2D eigenvalue weighted by Gasteiger charge is -2.35. The standard InChI is InChI=1S/C24H29N3O3/c1-17-5-4-8-19(15-17)21-10-9-20(23(29)25-21)24(30)27-13-11-26(12-14-27)22(28)16-18-6-2-3-7-18/h4-5,8-10,15,18H,2-3,6-7,11-14,16H2,1H3,(H,25,29). The lowest BCUT2D eigenvalue weighted by Crippen LogP contribution is -2.51. The lowest BCUT2D eigenvalue weighted by atomic mass is 10.0. The third-order valence-corrected chi connectivity index (χ3v) is 6.33. The first-order valence-electron chi connectivity index (χ1n) is 10.9. The van der Waals surface area contributed by atoms with Crippen molar-refractivity contribution < 1.29 is 9.59 Å². The second-order valence-corrected chi connectivity index (χ2v) is 8.51. The summed E-state index contributed by atoms with van der Waals surface area (Å²) in [6.45, 7) is 4.01. The van der Waals surface area contributed by atoms with Gasteiger partial charge in [-0.25, -0.2) is 0 Å². The van der Waals surface area contributed by atoms with Crippen LogP contribution in [0.5, 0.6) is 0 Å². The number of rotatable bonds is 4. The van der Waals surface area contributed by atoms with Crippen LogP contribution in [0.3, 0.4) is 0 Å². The average Bonchev–Trinajstić information content (AvgIpc) is 3.26. The molecule has 0 atom stereocenters. The smallest absolute Gasteiger partial charge is 0.261 e. The number of pyridine rings is 1. The first-order valence-corrected chi connectivity index (χ1v) is 10.9. The van der Waals surface area contributed by atoms with Gasteiger partial charge in [-0.15, -0.1) is 0 Å². The minimum atomic E-state index is -0.376. The van der Waals surface area contributed by atoms with Crippen molar-refractivity contribution in [1.82, 2.24) is 14.8 Å². The Labute approximate surface area is 176 Å². The Hall–Kier alpha value is -2.89. The number of H-pyrrole nitrogens is 1. The van der Waals surface area contributed by atoms with E-state index in [9.17, 15) is 14.4 Å². The molecule has 1 aromatic carbocycles. The van der Waals surface area contributed by atoms with Crippen LogP contribution in [0.25, 0.3) is 11.3 Å². The van der Waals surface area contributed by atoms with Gasteiger partial charge in [0.25, 0.3) is 11.5 Å². The van der Waals surface area contributed by atoms with Gasteiger partial charge in [-0.05, 0) is 49.4 Å². The first-order chi connectivity index (χ1) is 14.5. The Morgan fingerprint density at radius 1 is 1.00 bits per heavy atom. The summed E-state index contributed by atoms with van der Waals surface area (Å²) >= 11 is 0. The van der Waals surface area contributed by atoms with Crippen molar-refractivity contribution in [3.8, 4) is 11.3 Å². The monoisotopic (exact) mass is 407 g/mol. The van der Waals surface area contributed by atoms with Crippen molar-refractivity contribution in [2.75, 3.05) is 26.2 Å². The van der Waals surface area contributed by atoms with Gasteiger partial charge in [-0.3, -0.25) is 14.4 Å². The molecule has 158 valence electrons. The third kappa shape index (κ3) is 4.48. The molecule has 0 radical (unpaired) electrons. The number of carbonyl (C=O) groups excluding carboxylic acids is 2. The molecule has 2 amide bonds. The van der Waals surface area contributed by atoms with E-state index < -0.39 is 0 Å². The van der Waals surface area contributed by atoms with E-state index in [1.807, 2.05) is 36.1 Å². The van der Waals surface area contributed by atoms with E-state index in [0.29, 0.717) is 44.2 Å². The zero-order valence-corrected chi connectivity index (χ0v) is 17.5. The van der Waals surface area contributed by atoms with Crippen molar-refractivity contribution in [3.05, 3.63) is 57.9 Å². The molecule has 1 saturated heterocycles. The largest absolute Gasteiger partial charge is 0.339 e. The van der Waals surface area contributed by atoms with Crippen LogP contribution in [-0.2, 0) is 4.79 Å². The molecule has 1 aliphatic carbocycles. The number of benzene rings is 1. The fourth-order valence-electron chi connectivity index (χ4n) is 4.54. The number of nitrogens with zero attached hydrogens (tertiary/aromatic N) is 2. The molecule has 2 heterocycles. The third-order valence-electron chi connectivity index (χ3n) is 6.33. The van der Waals surface area contributed by atoms with Gasteiger partial charge in [-0.1, -0.05) is 36.6 Å². The van der Waals surface area contributed by atoms with Crippen molar-refractivity contribution >= 4 is 11.8 Å². The topological polar surface area (TPSA) is 73.5 Å². The van der Waals surface area contributed by atoms with Crippen molar-refractivity contribution in [2.24, 2.45) is 5.92 Å². The SMILES string of the molecule is Cc1cccc(-c2ccc(C(=O)N3CCN(C(=O)CC4CCCC4)CC3)c(=O)[nH]2)c1. The summed E-state index contributed by atoms with van der Waals surface area (Å²) < 4.78 is 0. The zero-order valence-electron chi connectivity index (χ0n) is 17.5. The summed E-state index contributed by atoms with van der Waals surface area (Å²) in [4.78, 5) is 44.4. The summed E-state index contributed by atoms with van der Waals surface area (Å²) in [7, 11) is 0. The van der Waals surface area contributed by atoms with E-state index in [1.165, 1.54) is 12.8 Å². The van der Waals surface area contributed by atoms with Crippen LogP contribution in [0, 0.1) is 12.8 Å². The van der Waals surface area contributed by atoms with Gasteiger partial charge in [0.2, 0.25) is 5.91 Å². The molecule has 30 heavy (non-hydrogen) atoms. The summed E-state index contributed by atoms with van der Waals surface area (Å²) in [5.74, 6) is 0.465. The Balaban J connectivity index is 1.38. The summed E-state index contributed by atoms with van der Waals surface area (Å²) in [5, 5.41) is 0. The summed E-state index contributed by atoms with van der Waals surface area (Å²) in [6, 6.07) is 11.3. The molecule has 6 nitrogen and oxygen atoms in total. The maximum absolute atomic E-state index is 12.9. The second-order valence-electron chi connectivity index (χ2n) is 8.51. The highest BCUT2D eigenvalue weighted by Crippen LogP contribution is 2.28. The van der Waals surface area contributed by atoms with Gasteiger partial charge in [0.1, 0.15) is 5.56 Å². The Morgan fingerprint density at radius 2 is 1.70 bits per heavy atom. The molecular formula is C24H29N3O3. The quantitative estimate of drug-likeness (QED) is 0.846. The highest BCUT2D eigenvalue weighted by Gasteiger charge is 2.28.